The quantitative estimate of drug-likeness (QED) is 0.899. The summed E-state index contributed by atoms with van der Waals surface area (Å²) >= 11 is 0. The molecule has 1 aromatic heterocycles. The lowest BCUT2D eigenvalue weighted by molar-refractivity contribution is -0.116. The van der Waals surface area contributed by atoms with Crippen molar-refractivity contribution in [2.45, 2.75) is 26.8 Å². The Labute approximate surface area is 119 Å². The predicted molar refractivity (Wildman–Crippen MR) is 80.8 cm³/mol. The molecule has 0 aliphatic rings. The van der Waals surface area contributed by atoms with Crippen molar-refractivity contribution in [3.05, 3.63) is 41.6 Å². The minimum absolute atomic E-state index is 0.0809. The second-order valence-corrected chi connectivity index (χ2v) is 5.05. The molecule has 0 saturated heterocycles. The number of anilines is 2. The summed E-state index contributed by atoms with van der Waals surface area (Å²) in [6.45, 7) is 5.83. The molecule has 1 unspecified atom stereocenters. The van der Waals surface area contributed by atoms with Gasteiger partial charge in [-0.05, 0) is 32.4 Å². The third-order valence-electron chi connectivity index (χ3n) is 3.11. The van der Waals surface area contributed by atoms with Gasteiger partial charge in [0.25, 0.3) is 0 Å². The van der Waals surface area contributed by atoms with Crippen LogP contribution in [0.4, 0.5) is 11.5 Å². The molecule has 1 atom stereocenters. The van der Waals surface area contributed by atoms with Gasteiger partial charge in [0.15, 0.2) is 0 Å². The van der Waals surface area contributed by atoms with E-state index in [2.05, 4.69) is 15.7 Å². The molecule has 0 radical (unpaired) electrons. The van der Waals surface area contributed by atoms with Gasteiger partial charge in [0, 0.05) is 25.0 Å². The van der Waals surface area contributed by atoms with E-state index < -0.39 is 0 Å². The van der Waals surface area contributed by atoms with E-state index in [1.54, 1.807) is 4.68 Å². The topological polar surface area (TPSA) is 59.0 Å². The second kappa shape index (κ2) is 5.77. The van der Waals surface area contributed by atoms with Crippen molar-refractivity contribution in [1.82, 2.24) is 9.78 Å². The summed E-state index contributed by atoms with van der Waals surface area (Å²) in [6.07, 6.45) is 1.83. The zero-order valence-corrected chi connectivity index (χ0v) is 12.3. The zero-order valence-electron chi connectivity index (χ0n) is 12.3. The molecule has 0 aliphatic carbocycles. The van der Waals surface area contributed by atoms with E-state index in [1.165, 1.54) is 5.56 Å². The lowest BCUT2D eigenvalue weighted by atomic mass is 10.1. The summed E-state index contributed by atoms with van der Waals surface area (Å²) in [6, 6.07) is 7.44. The molecule has 0 spiro atoms. The fourth-order valence-electron chi connectivity index (χ4n) is 1.97. The fraction of sp³-hybridized carbons (Fsp3) is 0.333. The second-order valence-electron chi connectivity index (χ2n) is 5.05. The van der Waals surface area contributed by atoms with Crippen LogP contribution >= 0.6 is 0 Å². The number of carbonyl (C=O) groups is 1. The lowest BCUT2D eigenvalue weighted by Crippen LogP contribution is -2.32. The van der Waals surface area contributed by atoms with E-state index in [4.69, 9.17) is 0 Å². The molecule has 2 N–H and O–H groups in total. The number of nitrogens with one attached hydrogen (secondary N) is 2. The average Bonchev–Trinajstić information content (AvgIpc) is 2.78. The van der Waals surface area contributed by atoms with Gasteiger partial charge in [-0.1, -0.05) is 17.7 Å². The first-order chi connectivity index (χ1) is 9.45. The molecule has 0 fully saturated rings. The summed E-state index contributed by atoms with van der Waals surface area (Å²) in [5, 5.41) is 10.2. The first kappa shape index (κ1) is 14.1. The highest BCUT2D eigenvalue weighted by Gasteiger charge is 2.14. The highest BCUT2D eigenvalue weighted by molar-refractivity contribution is 5.96. The molecule has 5 heteroatoms. The van der Waals surface area contributed by atoms with Crippen LogP contribution in [0.5, 0.6) is 0 Å². The molecule has 2 rings (SSSR count). The SMILES string of the molecule is Cc1ccc(NC(=O)C(C)Nc2ccn(C)n2)c(C)c1. The third-order valence-corrected chi connectivity index (χ3v) is 3.11. The van der Waals surface area contributed by atoms with Crippen molar-refractivity contribution in [2.75, 3.05) is 10.6 Å². The van der Waals surface area contributed by atoms with E-state index in [9.17, 15) is 4.79 Å². The number of aryl methyl sites for hydroxylation is 3. The van der Waals surface area contributed by atoms with E-state index in [-0.39, 0.29) is 11.9 Å². The molecule has 2 aromatic rings. The van der Waals surface area contributed by atoms with Crippen LogP contribution in [0.25, 0.3) is 0 Å². The number of aromatic nitrogens is 2. The molecule has 5 nitrogen and oxygen atoms in total. The van der Waals surface area contributed by atoms with Crippen molar-refractivity contribution < 1.29 is 4.79 Å². The van der Waals surface area contributed by atoms with Gasteiger partial charge in [0.1, 0.15) is 11.9 Å². The van der Waals surface area contributed by atoms with Crippen molar-refractivity contribution in [1.29, 1.82) is 0 Å². The summed E-state index contributed by atoms with van der Waals surface area (Å²) in [5.74, 6) is 0.610. The van der Waals surface area contributed by atoms with Crippen LogP contribution in [0.3, 0.4) is 0 Å². The van der Waals surface area contributed by atoms with Crippen LogP contribution < -0.4 is 10.6 Å². The van der Waals surface area contributed by atoms with Gasteiger partial charge < -0.3 is 10.6 Å². The van der Waals surface area contributed by atoms with Crippen molar-refractivity contribution >= 4 is 17.4 Å². The third kappa shape index (κ3) is 3.38. The van der Waals surface area contributed by atoms with Crippen LogP contribution in [0.15, 0.2) is 30.5 Å². The average molecular weight is 272 g/mol. The number of hydrogen-bond acceptors (Lipinski definition) is 3. The Kier molecular flexibility index (Phi) is 4.08. The van der Waals surface area contributed by atoms with E-state index in [0.717, 1.165) is 11.3 Å². The standard InChI is InChI=1S/C15H20N4O/c1-10-5-6-13(11(2)9-10)17-15(20)12(3)16-14-7-8-19(4)18-14/h5-9,12H,1-4H3,(H,16,18)(H,17,20). The van der Waals surface area contributed by atoms with Gasteiger partial charge in [-0.3, -0.25) is 9.48 Å². The molecule has 106 valence electrons. The fourth-order valence-corrected chi connectivity index (χ4v) is 1.97. The van der Waals surface area contributed by atoms with Gasteiger partial charge in [0.05, 0.1) is 0 Å². The number of rotatable bonds is 4. The van der Waals surface area contributed by atoms with Crippen LogP contribution in [-0.4, -0.2) is 21.7 Å². The molecule has 0 saturated carbocycles. The summed E-state index contributed by atoms with van der Waals surface area (Å²) < 4.78 is 1.69. The van der Waals surface area contributed by atoms with Crippen molar-refractivity contribution in [2.24, 2.45) is 7.05 Å². The predicted octanol–water partition coefficient (Wildman–Crippen LogP) is 2.48. The molecule has 20 heavy (non-hydrogen) atoms. The molecular weight excluding hydrogens is 252 g/mol. The molecule has 0 aliphatic heterocycles. The minimum Gasteiger partial charge on any atom is -0.357 e. The number of carbonyl (C=O) groups excluding carboxylic acids is 1. The number of hydrogen-bond donors (Lipinski definition) is 2. The van der Waals surface area contributed by atoms with Crippen LogP contribution in [0, 0.1) is 13.8 Å². The van der Waals surface area contributed by atoms with Crippen molar-refractivity contribution in [3.63, 3.8) is 0 Å². The monoisotopic (exact) mass is 272 g/mol. The zero-order chi connectivity index (χ0) is 14.7. The highest BCUT2D eigenvalue weighted by atomic mass is 16.2. The molecule has 1 aromatic carbocycles. The summed E-state index contributed by atoms with van der Waals surface area (Å²) in [4.78, 5) is 12.2. The Morgan fingerprint density at radius 1 is 1.30 bits per heavy atom. The summed E-state index contributed by atoms with van der Waals surface area (Å²) in [5.41, 5.74) is 3.08. The minimum atomic E-state index is -0.356. The normalized spacial score (nSPS) is 12.0. The Bertz CT molecular complexity index is 618. The van der Waals surface area contributed by atoms with Crippen LogP contribution in [0.2, 0.25) is 0 Å². The van der Waals surface area contributed by atoms with Crippen LogP contribution in [0.1, 0.15) is 18.1 Å². The summed E-state index contributed by atoms with van der Waals surface area (Å²) in [7, 11) is 1.84. The maximum Gasteiger partial charge on any atom is 0.246 e. The first-order valence-corrected chi connectivity index (χ1v) is 6.60. The van der Waals surface area contributed by atoms with Gasteiger partial charge in [-0.15, -0.1) is 0 Å². The Balaban J connectivity index is 2.00. The maximum absolute atomic E-state index is 12.2. The molecule has 1 amide bonds. The largest absolute Gasteiger partial charge is 0.357 e. The Hall–Kier alpha value is -2.30. The van der Waals surface area contributed by atoms with E-state index >= 15 is 0 Å². The van der Waals surface area contributed by atoms with E-state index in [0.29, 0.717) is 5.82 Å². The number of benzene rings is 1. The maximum atomic E-state index is 12.2. The number of nitrogens with zero attached hydrogens (tertiary/aromatic N) is 2. The van der Waals surface area contributed by atoms with Gasteiger partial charge in [-0.2, -0.15) is 5.10 Å². The van der Waals surface area contributed by atoms with Crippen LogP contribution in [-0.2, 0) is 11.8 Å². The van der Waals surface area contributed by atoms with Gasteiger partial charge in [-0.25, -0.2) is 0 Å². The Morgan fingerprint density at radius 2 is 2.05 bits per heavy atom. The highest BCUT2D eigenvalue weighted by Crippen LogP contribution is 2.16. The first-order valence-electron chi connectivity index (χ1n) is 6.60. The van der Waals surface area contributed by atoms with Crippen molar-refractivity contribution in [3.8, 4) is 0 Å². The molecule has 1 heterocycles. The lowest BCUT2D eigenvalue weighted by Gasteiger charge is -2.15. The number of amides is 1. The van der Waals surface area contributed by atoms with Gasteiger partial charge in [0.2, 0.25) is 5.91 Å². The van der Waals surface area contributed by atoms with Gasteiger partial charge >= 0.3 is 0 Å². The Morgan fingerprint density at radius 3 is 2.65 bits per heavy atom. The molecular formula is C15H20N4O. The van der Waals surface area contributed by atoms with E-state index in [1.807, 2.05) is 58.3 Å². The molecule has 0 bridgehead atoms. The smallest absolute Gasteiger partial charge is 0.246 e.